The third-order valence-corrected chi connectivity index (χ3v) is 5.04. The minimum atomic E-state index is 0.458. The fourth-order valence-corrected chi connectivity index (χ4v) is 3.42. The Bertz CT molecular complexity index is 937. The van der Waals surface area contributed by atoms with Gasteiger partial charge in [0, 0.05) is 36.7 Å². The third kappa shape index (κ3) is 5.96. The summed E-state index contributed by atoms with van der Waals surface area (Å²) in [7, 11) is 0. The first-order valence-electron chi connectivity index (χ1n) is 10.7. The molecule has 0 unspecified atom stereocenters. The first kappa shape index (κ1) is 21.6. The van der Waals surface area contributed by atoms with E-state index < -0.39 is 0 Å². The average Bonchev–Trinajstić information content (AvgIpc) is 2.74. The summed E-state index contributed by atoms with van der Waals surface area (Å²) in [6.07, 6.45) is 5.35. The number of para-hydroxylation sites is 2. The molecule has 3 heteroatoms. The number of benzene rings is 2. The van der Waals surface area contributed by atoms with E-state index in [1.54, 1.807) is 0 Å². The summed E-state index contributed by atoms with van der Waals surface area (Å²) in [5.74, 6) is 0.917. The largest absolute Gasteiger partial charge is 0.261 e. The molecule has 30 heavy (non-hydrogen) atoms. The van der Waals surface area contributed by atoms with E-state index in [1.807, 2.05) is 24.6 Å². The lowest BCUT2D eigenvalue weighted by Crippen LogP contribution is -1.97. The summed E-state index contributed by atoms with van der Waals surface area (Å²) in [6, 6.07) is 22.8. The van der Waals surface area contributed by atoms with Gasteiger partial charge in [-0.1, -0.05) is 70.2 Å². The van der Waals surface area contributed by atoms with Gasteiger partial charge in [0.05, 0.1) is 11.4 Å². The zero-order valence-corrected chi connectivity index (χ0v) is 18.4. The Morgan fingerprint density at radius 3 is 1.50 bits per heavy atom. The number of nitrogens with zero attached hydrogens (tertiary/aromatic N) is 3. The Morgan fingerprint density at radius 1 is 0.633 bits per heavy atom. The van der Waals surface area contributed by atoms with Crippen molar-refractivity contribution >= 4 is 23.8 Å². The van der Waals surface area contributed by atoms with Crippen molar-refractivity contribution in [2.24, 2.45) is 9.98 Å². The first-order chi connectivity index (χ1) is 14.5. The van der Waals surface area contributed by atoms with Crippen LogP contribution < -0.4 is 0 Å². The second-order valence-electron chi connectivity index (χ2n) is 8.08. The van der Waals surface area contributed by atoms with Gasteiger partial charge < -0.3 is 0 Å². The van der Waals surface area contributed by atoms with Crippen LogP contribution in [-0.4, -0.2) is 17.4 Å². The molecule has 0 amide bonds. The molecule has 0 aliphatic heterocycles. The molecular formula is C27H31N3. The Kier molecular flexibility index (Phi) is 7.67. The zero-order chi connectivity index (χ0) is 21.3. The topological polar surface area (TPSA) is 37.6 Å². The van der Waals surface area contributed by atoms with Crippen LogP contribution in [0.5, 0.6) is 0 Å². The molecular weight excluding hydrogens is 366 g/mol. The maximum Gasteiger partial charge on any atom is 0.0660 e. The predicted octanol–water partition coefficient (Wildman–Crippen LogP) is 7.22. The SMILES string of the molecule is CC(C)c1ccccc1N=CCc1cccc(CC=Nc2ccccc2C(C)C)n1. The second-order valence-corrected chi connectivity index (χ2v) is 8.08. The van der Waals surface area contributed by atoms with E-state index in [-0.39, 0.29) is 0 Å². The summed E-state index contributed by atoms with van der Waals surface area (Å²) < 4.78 is 0. The van der Waals surface area contributed by atoms with Gasteiger partial charge in [-0.2, -0.15) is 0 Å². The Morgan fingerprint density at radius 2 is 1.07 bits per heavy atom. The molecule has 0 saturated carbocycles. The van der Waals surface area contributed by atoms with E-state index in [2.05, 4.69) is 92.3 Å². The van der Waals surface area contributed by atoms with E-state index in [9.17, 15) is 0 Å². The van der Waals surface area contributed by atoms with Gasteiger partial charge >= 0.3 is 0 Å². The van der Waals surface area contributed by atoms with Gasteiger partial charge in [0.2, 0.25) is 0 Å². The van der Waals surface area contributed by atoms with Gasteiger partial charge in [-0.15, -0.1) is 0 Å². The maximum atomic E-state index is 4.77. The highest BCUT2D eigenvalue weighted by atomic mass is 14.8. The fourth-order valence-electron chi connectivity index (χ4n) is 3.42. The quantitative estimate of drug-likeness (QED) is 0.370. The van der Waals surface area contributed by atoms with Crippen LogP contribution in [0.25, 0.3) is 0 Å². The number of hydrogen-bond donors (Lipinski definition) is 0. The van der Waals surface area contributed by atoms with Gasteiger partial charge in [0.15, 0.2) is 0 Å². The highest BCUT2D eigenvalue weighted by molar-refractivity contribution is 5.68. The van der Waals surface area contributed by atoms with Crippen LogP contribution in [-0.2, 0) is 12.8 Å². The Labute approximate surface area is 180 Å². The molecule has 154 valence electrons. The van der Waals surface area contributed by atoms with Gasteiger partial charge in [0.25, 0.3) is 0 Å². The molecule has 3 nitrogen and oxygen atoms in total. The van der Waals surface area contributed by atoms with Crippen molar-refractivity contribution in [2.75, 3.05) is 0 Å². The number of aliphatic imine (C=N–C) groups is 2. The smallest absolute Gasteiger partial charge is 0.0660 e. The summed E-state index contributed by atoms with van der Waals surface area (Å²) in [4.78, 5) is 14.1. The minimum Gasteiger partial charge on any atom is -0.261 e. The van der Waals surface area contributed by atoms with Crippen molar-refractivity contribution in [3.05, 3.63) is 89.2 Å². The molecule has 0 bridgehead atoms. The fraction of sp³-hybridized carbons (Fsp3) is 0.296. The van der Waals surface area contributed by atoms with Gasteiger partial charge in [0.1, 0.15) is 0 Å². The summed E-state index contributed by atoms with van der Waals surface area (Å²) >= 11 is 0. The van der Waals surface area contributed by atoms with Crippen LogP contribution in [0.4, 0.5) is 11.4 Å². The Balaban J connectivity index is 1.64. The molecule has 0 radical (unpaired) electrons. The van der Waals surface area contributed by atoms with E-state index in [1.165, 1.54) is 11.1 Å². The van der Waals surface area contributed by atoms with Crippen LogP contribution in [0.2, 0.25) is 0 Å². The van der Waals surface area contributed by atoms with Gasteiger partial charge in [-0.05, 0) is 47.2 Å². The van der Waals surface area contributed by atoms with Crippen LogP contribution in [0.3, 0.4) is 0 Å². The van der Waals surface area contributed by atoms with E-state index in [0.29, 0.717) is 24.7 Å². The molecule has 1 heterocycles. The minimum absolute atomic E-state index is 0.458. The molecule has 0 saturated heterocycles. The lowest BCUT2D eigenvalue weighted by Gasteiger charge is -2.08. The highest BCUT2D eigenvalue weighted by Crippen LogP contribution is 2.26. The highest BCUT2D eigenvalue weighted by Gasteiger charge is 2.05. The summed E-state index contributed by atoms with van der Waals surface area (Å²) in [5, 5.41) is 0. The predicted molar refractivity (Wildman–Crippen MR) is 129 cm³/mol. The van der Waals surface area contributed by atoms with Crippen LogP contribution in [0.1, 0.15) is 62.0 Å². The monoisotopic (exact) mass is 397 g/mol. The van der Waals surface area contributed by atoms with Crippen LogP contribution in [0.15, 0.2) is 76.7 Å². The van der Waals surface area contributed by atoms with Crippen molar-refractivity contribution in [3.63, 3.8) is 0 Å². The standard InChI is InChI=1S/C27H31N3/c1-20(2)24-12-5-7-14-26(24)28-18-16-22-10-9-11-23(30-22)17-19-29-27-15-8-6-13-25(27)21(3)4/h5-15,18-21H,16-17H2,1-4H3. The first-order valence-corrected chi connectivity index (χ1v) is 10.7. The number of pyridine rings is 1. The Hall–Kier alpha value is -3.07. The lowest BCUT2D eigenvalue weighted by molar-refractivity contribution is 0.867. The van der Waals surface area contributed by atoms with E-state index >= 15 is 0 Å². The van der Waals surface area contributed by atoms with Crippen LogP contribution in [0, 0.1) is 0 Å². The molecule has 0 spiro atoms. The normalized spacial score (nSPS) is 11.9. The van der Waals surface area contributed by atoms with Crippen molar-refractivity contribution < 1.29 is 0 Å². The third-order valence-electron chi connectivity index (χ3n) is 5.04. The van der Waals surface area contributed by atoms with Crippen molar-refractivity contribution in [1.82, 2.24) is 4.98 Å². The van der Waals surface area contributed by atoms with Crippen molar-refractivity contribution in [2.45, 2.75) is 52.4 Å². The molecule has 0 atom stereocenters. The molecule has 2 aromatic carbocycles. The molecule has 3 rings (SSSR count). The summed E-state index contributed by atoms with van der Waals surface area (Å²) in [5.41, 5.74) is 6.67. The van der Waals surface area contributed by atoms with Crippen LogP contribution >= 0.6 is 0 Å². The molecule has 3 aromatic rings. The summed E-state index contributed by atoms with van der Waals surface area (Å²) in [6.45, 7) is 8.78. The molecule has 0 N–H and O–H groups in total. The number of rotatable bonds is 8. The number of aromatic nitrogens is 1. The van der Waals surface area contributed by atoms with Crippen molar-refractivity contribution in [3.8, 4) is 0 Å². The van der Waals surface area contributed by atoms with Gasteiger partial charge in [-0.3, -0.25) is 15.0 Å². The molecule has 1 aromatic heterocycles. The van der Waals surface area contributed by atoms with Gasteiger partial charge in [-0.25, -0.2) is 0 Å². The zero-order valence-electron chi connectivity index (χ0n) is 18.4. The van der Waals surface area contributed by atoms with Crippen molar-refractivity contribution in [1.29, 1.82) is 0 Å². The van der Waals surface area contributed by atoms with E-state index in [0.717, 1.165) is 22.8 Å². The lowest BCUT2D eigenvalue weighted by atomic mass is 10.0. The maximum absolute atomic E-state index is 4.77. The number of hydrogen-bond acceptors (Lipinski definition) is 3. The molecule has 0 fully saturated rings. The average molecular weight is 398 g/mol. The second kappa shape index (κ2) is 10.6. The van der Waals surface area contributed by atoms with E-state index in [4.69, 9.17) is 4.98 Å². The molecule has 0 aliphatic carbocycles. The molecule has 0 aliphatic rings.